The van der Waals surface area contributed by atoms with Crippen molar-refractivity contribution < 1.29 is 9.31 Å². The van der Waals surface area contributed by atoms with Gasteiger partial charge in [0, 0.05) is 12.4 Å². The smallest absolute Gasteiger partial charge is 0.398 e. The molecule has 0 saturated carbocycles. The van der Waals surface area contributed by atoms with E-state index in [0.717, 1.165) is 5.69 Å². The second kappa shape index (κ2) is 4.64. The summed E-state index contributed by atoms with van der Waals surface area (Å²) < 4.78 is 13.6. The summed E-state index contributed by atoms with van der Waals surface area (Å²) in [5, 5.41) is 4.31. The standard InChI is InChI=1S/C14H19BN4O2/c1-10-6-7-19(18-10)12-9-16-11(8-17-12)15-20-13(2,3)14(4,5)21-15/h6-9H,1-5H3. The summed E-state index contributed by atoms with van der Waals surface area (Å²) in [5.41, 5.74) is 0.849. The second-order valence-corrected chi connectivity index (χ2v) is 6.29. The second-order valence-electron chi connectivity index (χ2n) is 6.29. The normalized spacial score (nSPS) is 20.0. The van der Waals surface area contributed by atoms with Crippen LogP contribution in [0.5, 0.6) is 0 Å². The molecule has 1 aliphatic heterocycles. The summed E-state index contributed by atoms with van der Waals surface area (Å²) in [7, 11) is -0.490. The first-order valence-corrected chi connectivity index (χ1v) is 6.99. The lowest BCUT2D eigenvalue weighted by molar-refractivity contribution is 0.00578. The van der Waals surface area contributed by atoms with Crippen molar-refractivity contribution in [2.75, 3.05) is 0 Å². The molecule has 0 aromatic carbocycles. The Morgan fingerprint density at radius 2 is 1.71 bits per heavy atom. The van der Waals surface area contributed by atoms with Crippen LogP contribution in [0.1, 0.15) is 33.4 Å². The van der Waals surface area contributed by atoms with E-state index >= 15 is 0 Å². The highest BCUT2D eigenvalue weighted by atomic mass is 16.7. The van der Waals surface area contributed by atoms with E-state index in [1.807, 2.05) is 46.9 Å². The quantitative estimate of drug-likeness (QED) is 0.778. The number of rotatable bonds is 2. The Bertz CT molecular complexity index is 635. The van der Waals surface area contributed by atoms with Gasteiger partial charge in [0.2, 0.25) is 0 Å². The molecule has 0 bridgehead atoms. The molecule has 2 aromatic heterocycles. The van der Waals surface area contributed by atoms with E-state index in [2.05, 4.69) is 15.1 Å². The minimum absolute atomic E-state index is 0.378. The molecule has 0 amide bonds. The number of aryl methyl sites for hydroxylation is 1. The number of hydrogen-bond donors (Lipinski definition) is 0. The minimum atomic E-state index is -0.490. The lowest BCUT2D eigenvalue weighted by Crippen LogP contribution is -2.41. The Balaban J connectivity index is 1.83. The van der Waals surface area contributed by atoms with Gasteiger partial charge in [0.15, 0.2) is 5.82 Å². The SMILES string of the molecule is Cc1ccn(-c2cnc(B3OC(C)(C)C(C)(C)O3)cn2)n1. The summed E-state index contributed by atoms with van der Waals surface area (Å²) >= 11 is 0. The van der Waals surface area contributed by atoms with Crippen molar-refractivity contribution in [2.45, 2.75) is 45.8 Å². The molecule has 1 aliphatic rings. The first-order chi connectivity index (χ1) is 9.78. The molecule has 0 spiro atoms. The molecule has 2 aromatic rings. The fourth-order valence-electron chi connectivity index (χ4n) is 2.08. The maximum atomic E-state index is 5.95. The van der Waals surface area contributed by atoms with Crippen LogP contribution in [0.2, 0.25) is 0 Å². The molecular formula is C14H19BN4O2. The molecule has 0 unspecified atom stereocenters. The molecule has 7 heteroatoms. The zero-order chi connectivity index (χ0) is 15.3. The molecule has 110 valence electrons. The van der Waals surface area contributed by atoms with Gasteiger partial charge in [0.25, 0.3) is 0 Å². The molecular weight excluding hydrogens is 267 g/mol. The van der Waals surface area contributed by atoms with Crippen LogP contribution in [-0.4, -0.2) is 38.1 Å². The summed E-state index contributed by atoms with van der Waals surface area (Å²) in [4.78, 5) is 8.78. The predicted molar refractivity (Wildman–Crippen MR) is 79.6 cm³/mol. The van der Waals surface area contributed by atoms with E-state index in [0.29, 0.717) is 11.4 Å². The van der Waals surface area contributed by atoms with Gasteiger partial charge in [0.05, 0.1) is 28.7 Å². The fourth-order valence-corrected chi connectivity index (χ4v) is 2.08. The zero-order valence-corrected chi connectivity index (χ0v) is 13.0. The number of aromatic nitrogens is 4. The Hall–Kier alpha value is -1.73. The van der Waals surface area contributed by atoms with Crippen molar-refractivity contribution >= 4 is 12.7 Å². The van der Waals surface area contributed by atoms with Gasteiger partial charge in [-0.3, -0.25) is 4.98 Å². The minimum Gasteiger partial charge on any atom is -0.398 e. The number of nitrogens with zero attached hydrogens (tertiary/aromatic N) is 4. The van der Waals surface area contributed by atoms with E-state index < -0.39 is 7.12 Å². The van der Waals surface area contributed by atoms with Gasteiger partial charge in [-0.05, 0) is 40.7 Å². The van der Waals surface area contributed by atoms with Gasteiger partial charge in [-0.15, -0.1) is 0 Å². The van der Waals surface area contributed by atoms with Crippen molar-refractivity contribution in [3.63, 3.8) is 0 Å². The molecule has 0 N–H and O–H groups in total. The third-order valence-electron chi connectivity index (χ3n) is 4.11. The maximum Gasteiger partial charge on any atom is 0.516 e. The first-order valence-electron chi connectivity index (χ1n) is 6.99. The van der Waals surface area contributed by atoms with Crippen LogP contribution in [0.25, 0.3) is 5.82 Å². The molecule has 0 radical (unpaired) electrons. The molecule has 0 aliphatic carbocycles. The Morgan fingerprint density at radius 1 is 1.05 bits per heavy atom. The van der Waals surface area contributed by atoms with E-state index in [1.54, 1.807) is 17.1 Å². The lowest BCUT2D eigenvalue weighted by Gasteiger charge is -2.32. The first kappa shape index (κ1) is 14.2. The van der Waals surface area contributed by atoms with Crippen molar-refractivity contribution in [3.05, 3.63) is 30.4 Å². The molecule has 3 rings (SSSR count). The topological polar surface area (TPSA) is 62.1 Å². The summed E-state index contributed by atoms with van der Waals surface area (Å²) in [6.07, 6.45) is 5.20. The van der Waals surface area contributed by atoms with E-state index in [1.165, 1.54) is 0 Å². The van der Waals surface area contributed by atoms with E-state index in [4.69, 9.17) is 9.31 Å². The molecule has 3 heterocycles. The Kier molecular flexibility index (Phi) is 3.14. The number of hydrogen-bond acceptors (Lipinski definition) is 5. The van der Waals surface area contributed by atoms with Crippen LogP contribution in [0.4, 0.5) is 0 Å². The van der Waals surface area contributed by atoms with Gasteiger partial charge in [0.1, 0.15) is 0 Å². The maximum absolute atomic E-state index is 5.95. The van der Waals surface area contributed by atoms with Gasteiger partial charge in [-0.1, -0.05) is 0 Å². The van der Waals surface area contributed by atoms with Crippen LogP contribution in [0.15, 0.2) is 24.7 Å². The van der Waals surface area contributed by atoms with Crippen LogP contribution in [-0.2, 0) is 9.31 Å². The van der Waals surface area contributed by atoms with Crippen LogP contribution in [0.3, 0.4) is 0 Å². The molecule has 21 heavy (non-hydrogen) atoms. The van der Waals surface area contributed by atoms with Crippen molar-refractivity contribution in [2.24, 2.45) is 0 Å². The fraction of sp³-hybridized carbons (Fsp3) is 0.500. The Labute approximate surface area is 124 Å². The average Bonchev–Trinajstić information content (AvgIpc) is 2.92. The highest BCUT2D eigenvalue weighted by Crippen LogP contribution is 2.36. The van der Waals surface area contributed by atoms with Gasteiger partial charge < -0.3 is 9.31 Å². The summed E-state index contributed by atoms with van der Waals surface area (Å²) in [5.74, 6) is 0.670. The largest absolute Gasteiger partial charge is 0.516 e. The van der Waals surface area contributed by atoms with E-state index in [9.17, 15) is 0 Å². The van der Waals surface area contributed by atoms with Crippen molar-refractivity contribution in [1.82, 2.24) is 19.7 Å². The van der Waals surface area contributed by atoms with Crippen LogP contribution < -0.4 is 5.59 Å². The van der Waals surface area contributed by atoms with E-state index in [-0.39, 0.29) is 11.2 Å². The molecule has 0 atom stereocenters. The average molecular weight is 286 g/mol. The predicted octanol–water partition coefficient (Wildman–Crippen LogP) is 1.27. The third-order valence-corrected chi connectivity index (χ3v) is 4.11. The Morgan fingerprint density at radius 3 is 2.19 bits per heavy atom. The van der Waals surface area contributed by atoms with Crippen molar-refractivity contribution in [3.8, 4) is 5.82 Å². The summed E-state index contributed by atoms with van der Waals surface area (Å²) in [6.45, 7) is 9.99. The molecule has 6 nitrogen and oxygen atoms in total. The zero-order valence-electron chi connectivity index (χ0n) is 13.0. The third kappa shape index (κ3) is 2.47. The van der Waals surface area contributed by atoms with Gasteiger partial charge in [-0.25, -0.2) is 9.67 Å². The monoisotopic (exact) mass is 286 g/mol. The highest BCUT2D eigenvalue weighted by Gasteiger charge is 2.52. The van der Waals surface area contributed by atoms with Gasteiger partial charge in [-0.2, -0.15) is 5.10 Å². The van der Waals surface area contributed by atoms with Gasteiger partial charge >= 0.3 is 7.12 Å². The van der Waals surface area contributed by atoms with Crippen LogP contribution in [0, 0.1) is 6.92 Å². The highest BCUT2D eigenvalue weighted by molar-refractivity contribution is 6.61. The molecule has 1 saturated heterocycles. The molecule has 1 fully saturated rings. The lowest BCUT2D eigenvalue weighted by atomic mass is 9.85. The van der Waals surface area contributed by atoms with Crippen LogP contribution >= 0.6 is 0 Å². The summed E-state index contributed by atoms with van der Waals surface area (Å²) in [6, 6.07) is 1.92. The van der Waals surface area contributed by atoms with Crippen molar-refractivity contribution in [1.29, 1.82) is 0 Å².